The minimum atomic E-state index is -0.288. The molecule has 0 radical (unpaired) electrons. The Labute approximate surface area is 104 Å². The molecule has 0 aromatic carbocycles. The summed E-state index contributed by atoms with van der Waals surface area (Å²) in [6.45, 7) is 4.24. The van der Waals surface area contributed by atoms with Crippen molar-refractivity contribution in [2.24, 2.45) is 0 Å². The van der Waals surface area contributed by atoms with E-state index in [0.717, 1.165) is 17.0 Å². The molecular weight excluding hydrogens is 232 g/mol. The second kappa shape index (κ2) is 4.91. The van der Waals surface area contributed by atoms with Gasteiger partial charge in [0.2, 0.25) is 0 Å². The van der Waals surface area contributed by atoms with Crippen LogP contribution in [0.15, 0.2) is 6.20 Å². The first-order chi connectivity index (χ1) is 8.63. The molecule has 2 aromatic rings. The van der Waals surface area contributed by atoms with E-state index in [1.807, 2.05) is 13.8 Å². The first-order valence-electron chi connectivity index (χ1n) is 5.73. The first-order valence-corrected chi connectivity index (χ1v) is 5.73. The maximum atomic E-state index is 11.9. The van der Waals surface area contributed by atoms with Crippen LogP contribution < -0.4 is 11.1 Å². The van der Waals surface area contributed by atoms with Crippen LogP contribution in [-0.4, -0.2) is 26.3 Å². The Hall–Kier alpha value is -2.31. The van der Waals surface area contributed by atoms with Crippen LogP contribution in [0, 0.1) is 6.92 Å². The van der Waals surface area contributed by atoms with E-state index in [2.05, 4.69) is 25.7 Å². The fraction of sp³-hybridized carbons (Fsp3) is 0.364. The zero-order valence-corrected chi connectivity index (χ0v) is 10.4. The number of aryl methyl sites for hydroxylation is 2. The van der Waals surface area contributed by atoms with Gasteiger partial charge in [0.15, 0.2) is 5.69 Å². The Bertz CT molecular complexity index is 556. The SMILES string of the molecule is CCc1[nH]nc(C(=O)NCc2cn[nH]c2C)c1N. The molecule has 0 saturated heterocycles. The van der Waals surface area contributed by atoms with Gasteiger partial charge >= 0.3 is 0 Å². The quantitative estimate of drug-likeness (QED) is 0.631. The van der Waals surface area contributed by atoms with Gasteiger partial charge in [-0.1, -0.05) is 6.92 Å². The monoisotopic (exact) mass is 248 g/mol. The van der Waals surface area contributed by atoms with Crippen molar-refractivity contribution in [1.29, 1.82) is 0 Å². The zero-order valence-electron chi connectivity index (χ0n) is 10.4. The van der Waals surface area contributed by atoms with Crippen LogP contribution in [0.1, 0.15) is 34.4 Å². The van der Waals surface area contributed by atoms with Crippen molar-refractivity contribution in [2.45, 2.75) is 26.8 Å². The maximum absolute atomic E-state index is 11.9. The number of nitrogens with two attached hydrogens (primary N) is 1. The van der Waals surface area contributed by atoms with Crippen molar-refractivity contribution in [2.75, 3.05) is 5.73 Å². The number of hydrogen-bond acceptors (Lipinski definition) is 4. The molecule has 0 aliphatic heterocycles. The first kappa shape index (κ1) is 12.2. The van der Waals surface area contributed by atoms with Crippen molar-refractivity contribution >= 4 is 11.6 Å². The highest BCUT2D eigenvalue weighted by atomic mass is 16.1. The predicted molar refractivity (Wildman–Crippen MR) is 66.9 cm³/mol. The third kappa shape index (κ3) is 2.20. The van der Waals surface area contributed by atoms with Crippen molar-refractivity contribution < 1.29 is 4.79 Å². The molecule has 18 heavy (non-hydrogen) atoms. The number of H-pyrrole nitrogens is 2. The summed E-state index contributed by atoms with van der Waals surface area (Å²) in [7, 11) is 0. The number of carbonyl (C=O) groups is 1. The highest BCUT2D eigenvalue weighted by molar-refractivity contribution is 5.97. The minimum Gasteiger partial charge on any atom is -0.395 e. The van der Waals surface area contributed by atoms with Crippen LogP contribution in [0.4, 0.5) is 5.69 Å². The maximum Gasteiger partial charge on any atom is 0.274 e. The Kier molecular flexibility index (Phi) is 3.31. The molecule has 0 saturated carbocycles. The van der Waals surface area contributed by atoms with E-state index >= 15 is 0 Å². The Morgan fingerprint density at radius 3 is 2.83 bits per heavy atom. The molecular formula is C11H16N6O. The van der Waals surface area contributed by atoms with Gasteiger partial charge in [-0.25, -0.2) is 0 Å². The van der Waals surface area contributed by atoms with E-state index in [1.165, 1.54) is 0 Å². The van der Waals surface area contributed by atoms with E-state index < -0.39 is 0 Å². The number of carbonyl (C=O) groups excluding carboxylic acids is 1. The van der Waals surface area contributed by atoms with Gasteiger partial charge in [0, 0.05) is 17.8 Å². The van der Waals surface area contributed by atoms with Gasteiger partial charge in [0.25, 0.3) is 5.91 Å². The van der Waals surface area contributed by atoms with E-state index in [1.54, 1.807) is 6.20 Å². The number of aromatic nitrogens is 4. The van der Waals surface area contributed by atoms with Crippen molar-refractivity contribution in [3.8, 4) is 0 Å². The van der Waals surface area contributed by atoms with Gasteiger partial charge in [0.05, 0.1) is 17.6 Å². The average Bonchev–Trinajstić information content (AvgIpc) is 2.92. The van der Waals surface area contributed by atoms with E-state index in [0.29, 0.717) is 18.7 Å². The lowest BCUT2D eigenvalue weighted by molar-refractivity contribution is 0.0947. The molecule has 2 aromatic heterocycles. The molecule has 5 N–H and O–H groups in total. The molecule has 7 nitrogen and oxygen atoms in total. The molecule has 0 aliphatic rings. The molecule has 0 spiro atoms. The lowest BCUT2D eigenvalue weighted by Gasteiger charge is -2.03. The Morgan fingerprint density at radius 1 is 1.50 bits per heavy atom. The van der Waals surface area contributed by atoms with Crippen LogP contribution in [0.25, 0.3) is 0 Å². The van der Waals surface area contributed by atoms with Gasteiger partial charge in [-0.15, -0.1) is 0 Å². The third-order valence-electron chi connectivity index (χ3n) is 2.83. The zero-order chi connectivity index (χ0) is 13.1. The Balaban J connectivity index is 2.04. The minimum absolute atomic E-state index is 0.244. The van der Waals surface area contributed by atoms with Crippen molar-refractivity contribution in [3.05, 3.63) is 28.8 Å². The summed E-state index contributed by atoms with van der Waals surface area (Å²) in [5, 5.41) is 16.1. The molecule has 2 rings (SSSR count). The number of rotatable bonds is 4. The largest absolute Gasteiger partial charge is 0.395 e. The van der Waals surface area contributed by atoms with Gasteiger partial charge in [0.1, 0.15) is 0 Å². The molecule has 0 aliphatic carbocycles. The molecule has 0 atom stereocenters. The van der Waals surface area contributed by atoms with Crippen LogP contribution in [0.2, 0.25) is 0 Å². The standard InChI is InChI=1S/C11H16N6O/c1-3-8-9(12)10(17-16-8)11(18)13-4-7-5-14-15-6(7)2/h5H,3-4,12H2,1-2H3,(H,13,18)(H,14,15)(H,16,17). The van der Waals surface area contributed by atoms with Crippen LogP contribution in [0.5, 0.6) is 0 Å². The molecule has 0 unspecified atom stereocenters. The summed E-state index contributed by atoms with van der Waals surface area (Å²) in [6, 6.07) is 0. The fourth-order valence-corrected chi connectivity index (χ4v) is 1.64. The second-order valence-electron chi connectivity index (χ2n) is 4.02. The molecule has 0 bridgehead atoms. The van der Waals surface area contributed by atoms with E-state index in [9.17, 15) is 4.79 Å². The van der Waals surface area contributed by atoms with Crippen LogP contribution in [0.3, 0.4) is 0 Å². The molecule has 96 valence electrons. The van der Waals surface area contributed by atoms with Crippen molar-refractivity contribution in [1.82, 2.24) is 25.7 Å². The molecule has 1 amide bonds. The topological polar surface area (TPSA) is 112 Å². The molecule has 7 heteroatoms. The van der Waals surface area contributed by atoms with Gasteiger partial charge < -0.3 is 11.1 Å². The summed E-state index contributed by atoms with van der Waals surface area (Å²) in [4.78, 5) is 11.9. The summed E-state index contributed by atoms with van der Waals surface area (Å²) >= 11 is 0. The smallest absolute Gasteiger partial charge is 0.274 e. The summed E-state index contributed by atoms with van der Waals surface area (Å²) in [6.07, 6.45) is 2.40. The number of aromatic amines is 2. The highest BCUT2D eigenvalue weighted by Gasteiger charge is 2.16. The Morgan fingerprint density at radius 2 is 2.28 bits per heavy atom. The lowest BCUT2D eigenvalue weighted by Crippen LogP contribution is -2.24. The third-order valence-corrected chi connectivity index (χ3v) is 2.83. The fourth-order valence-electron chi connectivity index (χ4n) is 1.64. The number of anilines is 1. The van der Waals surface area contributed by atoms with Crippen LogP contribution >= 0.6 is 0 Å². The van der Waals surface area contributed by atoms with Gasteiger partial charge in [-0.3, -0.25) is 15.0 Å². The number of nitrogens with one attached hydrogen (secondary N) is 3. The summed E-state index contributed by atoms with van der Waals surface area (Å²) in [5.41, 5.74) is 9.13. The van der Waals surface area contributed by atoms with Crippen LogP contribution in [-0.2, 0) is 13.0 Å². The van der Waals surface area contributed by atoms with Crippen molar-refractivity contribution in [3.63, 3.8) is 0 Å². The lowest BCUT2D eigenvalue weighted by atomic mass is 10.2. The second-order valence-corrected chi connectivity index (χ2v) is 4.02. The van der Waals surface area contributed by atoms with E-state index in [4.69, 9.17) is 5.73 Å². The summed E-state index contributed by atoms with van der Waals surface area (Å²) < 4.78 is 0. The number of hydrogen-bond donors (Lipinski definition) is 4. The number of nitrogen functional groups attached to an aromatic ring is 1. The van der Waals surface area contributed by atoms with Gasteiger partial charge in [-0.2, -0.15) is 10.2 Å². The number of nitrogens with zero attached hydrogens (tertiary/aromatic N) is 2. The van der Waals surface area contributed by atoms with Gasteiger partial charge in [-0.05, 0) is 13.3 Å². The molecule has 2 heterocycles. The normalized spacial score (nSPS) is 10.6. The highest BCUT2D eigenvalue weighted by Crippen LogP contribution is 2.14. The average molecular weight is 248 g/mol. The predicted octanol–water partition coefficient (Wildman–Crippen LogP) is 0.516. The van der Waals surface area contributed by atoms with E-state index in [-0.39, 0.29) is 11.6 Å². The summed E-state index contributed by atoms with van der Waals surface area (Å²) in [5.74, 6) is -0.288. The number of amides is 1. The molecule has 0 fully saturated rings.